The topological polar surface area (TPSA) is 9.23 Å². The minimum absolute atomic E-state index is 0.798. The third kappa shape index (κ3) is 5.73. The van der Waals surface area contributed by atoms with Gasteiger partial charge in [0.2, 0.25) is 0 Å². The number of unbranched alkanes of at least 4 members (excludes halogenated alkanes) is 5. The number of rotatable bonds is 8. The van der Waals surface area contributed by atoms with Crippen LogP contribution in [-0.2, 0) is 0 Å². The molecule has 1 aromatic rings. The maximum absolute atomic E-state index is 5.78. The van der Waals surface area contributed by atoms with Crippen LogP contribution in [0.15, 0.2) is 22.7 Å². The fourth-order valence-electron chi connectivity index (χ4n) is 1.71. The van der Waals surface area contributed by atoms with E-state index >= 15 is 0 Å². The molecule has 0 amide bonds. The summed E-state index contributed by atoms with van der Waals surface area (Å²) >= 11 is 3.49. The van der Waals surface area contributed by atoms with E-state index in [1.165, 1.54) is 32.1 Å². The second-order valence-electron chi connectivity index (χ2n) is 4.23. The van der Waals surface area contributed by atoms with E-state index in [0.717, 1.165) is 28.4 Å². The molecular weight excluding hydrogens is 292 g/mol. The summed E-state index contributed by atoms with van der Waals surface area (Å²) in [4.78, 5) is 0. The summed E-state index contributed by atoms with van der Waals surface area (Å²) in [7, 11) is 3.55. The summed E-state index contributed by atoms with van der Waals surface area (Å²) in [6.45, 7) is 3.04. The van der Waals surface area contributed by atoms with E-state index < -0.39 is 0 Å². The first kappa shape index (κ1) is 14.8. The molecule has 0 aromatic heterocycles. The minimum atomic E-state index is 0.798. The highest BCUT2D eigenvalue weighted by Gasteiger charge is 2.03. The van der Waals surface area contributed by atoms with Crippen LogP contribution in [0.5, 0.6) is 5.75 Å². The Bertz CT molecular complexity index is 308. The van der Waals surface area contributed by atoms with Gasteiger partial charge in [-0.15, -0.1) is 0 Å². The molecule has 0 bridgehead atoms. The standard InChI is InChI=1S/C14H20BrOSi/c1-2-3-4-5-6-7-11-16-14-12(15)9-8-10-13(14)17/h8-10H,2-7,11H2,1H3. The molecule has 0 aliphatic heterocycles. The fraction of sp³-hybridized carbons (Fsp3) is 0.571. The van der Waals surface area contributed by atoms with Crippen LogP contribution in [0.2, 0.25) is 0 Å². The molecule has 0 aliphatic carbocycles. The first-order valence-electron chi connectivity index (χ1n) is 6.38. The molecule has 0 saturated carbocycles. The highest BCUT2D eigenvalue weighted by molar-refractivity contribution is 9.10. The predicted molar refractivity (Wildman–Crippen MR) is 78.4 cm³/mol. The highest BCUT2D eigenvalue weighted by Crippen LogP contribution is 2.21. The number of hydrogen-bond acceptors (Lipinski definition) is 1. The molecule has 0 saturated heterocycles. The van der Waals surface area contributed by atoms with Gasteiger partial charge >= 0.3 is 0 Å². The zero-order chi connectivity index (χ0) is 12.5. The molecule has 93 valence electrons. The lowest BCUT2D eigenvalue weighted by atomic mass is 10.1. The lowest BCUT2D eigenvalue weighted by molar-refractivity contribution is 0.305. The molecule has 1 aromatic carbocycles. The fourth-order valence-corrected chi connectivity index (χ4v) is 2.68. The molecule has 0 unspecified atom stereocenters. The normalized spacial score (nSPS) is 10.5. The number of benzene rings is 1. The molecule has 0 heterocycles. The van der Waals surface area contributed by atoms with Crippen LogP contribution in [0.4, 0.5) is 0 Å². The Morgan fingerprint density at radius 3 is 2.53 bits per heavy atom. The molecule has 0 N–H and O–H groups in total. The van der Waals surface area contributed by atoms with Crippen molar-refractivity contribution in [3.05, 3.63) is 22.7 Å². The van der Waals surface area contributed by atoms with Crippen molar-refractivity contribution in [2.45, 2.75) is 45.4 Å². The summed E-state index contributed by atoms with van der Waals surface area (Å²) in [5.74, 6) is 0.915. The summed E-state index contributed by atoms with van der Waals surface area (Å²) < 4.78 is 6.79. The van der Waals surface area contributed by atoms with E-state index in [1.54, 1.807) is 0 Å². The maximum atomic E-state index is 5.78. The van der Waals surface area contributed by atoms with E-state index in [4.69, 9.17) is 4.74 Å². The van der Waals surface area contributed by atoms with E-state index in [-0.39, 0.29) is 0 Å². The van der Waals surface area contributed by atoms with Crippen molar-refractivity contribution in [3.8, 4) is 5.75 Å². The molecule has 0 aliphatic rings. The van der Waals surface area contributed by atoms with Gasteiger partial charge in [-0.05, 0) is 33.6 Å². The highest BCUT2D eigenvalue weighted by atomic mass is 79.9. The summed E-state index contributed by atoms with van der Waals surface area (Å²) in [6, 6.07) is 5.99. The van der Waals surface area contributed by atoms with Crippen molar-refractivity contribution < 1.29 is 4.74 Å². The van der Waals surface area contributed by atoms with Crippen molar-refractivity contribution in [2.75, 3.05) is 6.61 Å². The van der Waals surface area contributed by atoms with Crippen LogP contribution in [0.3, 0.4) is 0 Å². The van der Waals surface area contributed by atoms with Gasteiger partial charge in [0, 0.05) is 0 Å². The first-order chi connectivity index (χ1) is 8.25. The summed E-state index contributed by atoms with van der Waals surface area (Å²) in [5.41, 5.74) is 0. The van der Waals surface area contributed by atoms with Gasteiger partial charge in [-0.2, -0.15) is 0 Å². The van der Waals surface area contributed by atoms with E-state index in [9.17, 15) is 0 Å². The van der Waals surface area contributed by atoms with Crippen LogP contribution >= 0.6 is 15.9 Å². The van der Waals surface area contributed by atoms with Gasteiger partial charge in [-0.25, -0.2) is 0 Å². The smallest absolute Gasteiger partial charge is 0.131 e. The molecule has 3 radical (unpaired) electrons. The Labute approximate surface area is 117 Å². The van der Waals surface area contributed by atoms with E-state index in [2.05, 4.69) is 33.1 Å². The number of ether oxygens (including phenoxy) is 1. The minimum Gasteiger partial charge on any atom is -0.493 e. The number of para-hydroxylation sites is 1. The number of halogens is 1. The van der Waals surface area contributed by atoms with Crippen molar-refractivity contribution in [2.24, 2.45) is 0 Å². The first-order valence-corrected chi connectivity index (χ1v) is 7.68. The van der Waals surface area contributed by atoms with E-state index in [1.807, 2.05) is 18.2 Å². The summed E-state index contributed by atoms with van der Waals surface area (Å²) in [5, 5.41) is 1.00. The molecule has 1 rings (SSSR count). The SMILES string of the molecule is CCCCCCCCOc1c([Si])cccc1Br. The predicted octanol–water partition coefficient (Wildman–Crippen LogP) is 3.98. The quantitative estimate of drug-likeness (QED) is 0.521. The van der Waals surface area contributed by atoms with Gasteiger partial charge in [-0.3, -0.25) is 0 Å². The molecule has 1 nitrogen and oxygen atoms in total. The maximum Gasteiger partial charge on any atom is 0.131 e. The van der Waals surface area contributed by atoms with Crippen LogP contribution in [-0.4, -0.2) is 16.8 Å². The van der Waals surface area contributed by atoms with Crippen molar-refractivity contribution in [3.63, 3.8) is 0 Å². The van der Waals surface area contributed by atoms with Gasteiger partial charge in [0.15, 0.2) is 0 Å². The largest absolute Gasteiger partial charge is 0.493 e. The molecule has 0 atom stereocenters. The van der Waals surface area contributed by atoms with Crippen molar-refractivity contribution in [1.29, 1.82) is 0 Å². The molecule has 0 spiro atoms. The second-order valence-corrected chi connectivity index (χ2v) is 5.63. The van der Waals surface area contributed by atoms with E-state index in [0.29, 0.717) is 0 Å². The van der Waals surface area contributed by atoms with Gasteiger partial charge in [0.1, 0.15) is 5.75 Å². The Morgan fingerprint density at radius 2 is 1.82 bits per heavy atom. The van der Waals surface area contributed by atoms with Crippen LogP contribution in [0.25, 0.3) is 0 Å². The second kappa shape index (κ2) is 8.76. The summed E-state index contributed by atoms with van der Waals surface area (Å²) in [6.07, 6.45) is 7.75. The average Bonchev–Trinajstić information content (AvgIpc) is 2.31. The van der Waals surface area contributed by atoms with Crippen LogP contribution in [0, 0.1) is 0 Å². The third-order valence-corrected chi connectivity index (χ3v) is 3.73. The van der Waals surface area contributed by atoms with Gasteiger partial charge in [0.05, 0.1) is 21.3 Å². The van der Waals surface area contributed by atoms with Crippen LogP contribution in [0.1, 0.15) is 45.4 Å². The van der Waals surface area contributed by atoms with Crippen molar-refractivity contribution in [1.82, 2.24) is 0 Å². The Balaban J connectivity index is 2.18. The lowest BCUT2D eigenvalue weighted by Gasteiger charge is -2.10. The number of hydrogen-bond donors (Lipinski definition) is 0. The van der Waals surface area contributed by atoms with Gasteiger partial charge in [0.25, 0.3) is 0 Å². The monoisotopic (exact) mass is 311 g/mol. The Morgan fingerprint density at radius 1 is 1.12 bits per heavy atom. The van der Waals surface area contributed by atoms with Gasteiger partial charge in [-0.1, -0.05) is 51.2 Å². The zero-order valence-electron chi connectivity index (χ0n) is 10.5. The average molecular weight is 312 g/mol. The third-order valence-electron chi connectivity index (χ3n) is 2.71. The molecule has 0 fully saturated rings. The molecule has 17 heavy (non-hydrogen) atoms. The Hall–Kier alpha value is -0.283. The molecule has 3 heteroatoms. The lowest BCUT2D eigenvalue weighted by Crippen LogP contribution is -2.10. The Kier molecular flexibility index (Phi) is 7.61. The molecular formula is C14H20BrOSi. The zero-order valence-corrected chi connectivity index (χ0v) is 13.1. The van der Waals surface area contributed by atoms with Crippen molar-refractivity contribution >= 4 is 31.4 Å². The van der Waals surface area contributed by atoms with Crippen LogP contribution < -0.4 is 9.92 Å². The van der Waals surface area contributed by atoms with Gasteiger partial charge < -0.3 is 4.74 Å².